The third kappa shape index (κ3) is 10.7. The van der Waals surface area contributed by atoms with Gasteiger partial charge in [0, 0.05) is 5.56 Å². The summed E-state index contributed by atoms with van der Waals surface area (Å²) in [7, 11) is -4.35. The van der Waals surface area contributed by atoms with Crippen LogP contribution in [0, 0.1) is 0 Å². The predicted octanol–water partition coefficient (Wildman–Crippen LogP) is 3.66. The predicted molar refractivity (Wildman–Crippen MR) is 122 cm³/mol. The topological polar surface area (TPSA) is 86.7 Å². The van der Waals surface area contributed by atoms with Crippen LogP contribution in [0.25, 0.3) is 0 Å². The Morgan fingerprint density at radius 3 is 1.88 bits per heavy atom. The van der Waals surface area contributed by atoms with E-state index < -0.39 is 10.1 Å². The van der Waals surface area contributed by atoms with Crippen molar-refractivity contribution in [2.45, 2.75) is 88.9 Å². The van der Waals surface area contributed by atoms with Crippen molar-refractivity contribution >= 4 is 10.1 Å². The summed E-state index contributed by atoms with van der Waals surface area (Å²) in [5.74, 6) is 0.716. The number of benzene rings is 2. The normalized spacial score (nSPS) is 11.2. The summed E-state index contributed by atoms with van der Waals surface area (Å²) in [5, 5.41) is 11.3. The first-order valence-electron chi connectivity index (χ1n) is 11.5. The smallest absolute Gasteiger partial charge is 0.872 e. The molecule has 1 N–H and O–H groups in total. The molecule has 32 heavy (non-hydrogen) atoms. The van der Waals surface area contributed by atoms with Gasteiger partial charge in [-0.25, -0.2) is 0 Å². The van der Waals surface area contributed by atoms with Crippen LogP contribution < -0.4 is 39.4 Å². The largest absolute Gasteiger partial charge is 1.00 e. The van der Waals surface area contributed by atoms with Crippen molar-refractivity contribution in [3.8, 4) is 17.2 Å². The molecule has 0 heterocycles. The molecule has 2 rings (SSSR count). The van der Waals surface area contributed by atoms with Crippen molar-refractivity contribution in [1.29, 1.82) is 0 Å². The number of unbranched alkanes of at least 4 members (excludes halogenated alkanes) is 10. The summed E-state index contributed by atoms with van der Waals surface area (Å²) < 4.78 is 39.2. The van der Waals surface area contributed by atoms with Gasteiger partial charge in [-0.3, -0.25) is 4.55 Å². The molecule has 0 spiro atoms. The van der Waals surface area contributed by atoms with E-state index in [0.29, 0.717) is 23.5 Å². The van der Waals surface area contributed by atoms with Gasteiger partial charge in [-0.1, -0.05) is 89.3 Å². The molecule has 0 radical (unpaired) electrons. The van der Waals surface area contributed by atoms with Gasteiger partial charge >= 0.3 is 29.6 Å². The molecular weight excluding hydrogens is 435 g/mol. The van der Waals surface area contributed by atoms with E-state index in [1.54, 1.807) is 24.3 Å². The molecule has 0 atom stereocenters. The van der Waals surface area contributed by atoms with Crippen molar-refractivity contribution in [2.75, 3.05) is 0 Å². The van der Waals surface area contributed by atoms with Crippen LogP contribution in [-0.4, -0.2) is 13.0 Å². The van der Waals surface area contributed by atoms with E-state index in [2.05, 4.69) is 6.92 Å². The molecule has 2 aromatic rings. The van der Waals surface area contributed by atoms with Gasteiger partial charge in [0.2, 0.25) is 0 Å². The molecule has 0 aliphatic heterocycles. The quantitative estimate of drug-likeness (QED) is 0.244. The van der Waals surface area contributed by atoms with Crippen LogP contribution in [0.5, 0.6) is 17.2 Å². The molecule has 0 aliphatic rings. The molecule has 0 saturated heterocycles. The summed E-state index contributed by atoms with van der Waals surface area (Å²) in [6, 6.07) is 10.5. The molecule has 7 heteroatoms. The van der Waals surface area contributed by atoms with Crippen LogP contribution in [0.2, 0.25) is 0 Å². The Hall–Kier alpha value is -1.05. The van der Waals surface area contributed by atoms with Gasteiger partial charge in [-0.2, -0.15) is 8.42 Å². The van der Waals surface area contributed by atoms with Crippen molar-refractivity contribution in [3.05, 3.63) is 48.0 Å². The Morgan fingerprint density at radius 1 is 0.812 bits per heavy atom. The van der Waals surface area contributed by atoms with Crippen molar-refractivity contribution in [1.82, 2.24) is 0 Å². The minimum Gasteiger partial charge on any atom is -0.872 e. The Labute approximate surface area is 215 Å². The van der Waals surface area contributed by atoms with Crippen LogP contribution in [0.15, 0.2) is 47.4 Å². The first-order valence-corrected chi connectivity index (χ1v) is 12.9. The molecule has 0 amide bonds. The standard InChI is InChI=1S/C25H36O5S.Na/c1-2-3-4-5-6-7-8-9-10-11-12-14-23-24(15-13-16-25(23)31(27,28)29)30-22-19-17-21(26)18-20-22;/h13,15-20,26H,2-12,14H2,1H3,(H,27,28,29);/q;+1/p-1. The number of hydrogen-bond acceptors (Lipinski definition) is 4. The van der Waals surface area contributed by atoms with E-state index in [1.165, 1.54) is 69.6 Å². The van der Waals surface area contributed by atoms with E-state index in [9.17, 15) is 18.1 Å². The average Bonchev–Trinajstić information content (AvgIpc) is 2.73. The Bertz CT molecular complexity index is 882. The minimum absolute atomic E-state index is 0. The molecular formula is C25H35NaO5S. The fourth-order valence-electron chi connectivity index (χ4n) is 3.73. The molecule has 0 aliphatic carbocycles. The van der Waals surface area contributed by atoms with Crippen molar-refractivity contribution in [3.63, 3.8) is 0 Å². The van der Waals surface area contributed by atoms with E-state index in [0.717, 1.165) is 19.3 Å². The van der Waals surface area contributed by atoms with E-state index in [4.69, 9.17) is 4.74 Å². The third-order valence-corrected chi connectivity index (χ3v) is 6.39. The van der Waals surface area contributed by atoms with Gasteiger partial charge in [-0.05, 0) is 37.1 Å². The van der Waals surface area contributed by atoms with Crippen LogP contribution >= 0.6 is 0 Å². The molecule has 0 aromatic heterocycles. The molecule has 5 nitrogen and oxygen atoms in total. The van der Waals surface area contributed by atoms with Crippen LogP contribution in [0.4, 0.5) is 0 Å². The molecule has 172 valence electrons. The van der Waals surface area contributed by atoms with E-state index in [-0.39, 0.29) is 40.2 Å². The second kappa shape index (κ2) is 15.7. The van der Waals surface area contributed by atoms with Gasteiger partial charge in [0.25, 0.3) is 10.1 Å². The van der Waals surface area contributed by atoms with Crippen LogP contribution in [-0.2, 0) is 16.5 Å². The third-order valence-electron chi connectivity index (χ3n) is 5.45. The average molecular weight is 471 g/mol. The molecule has 0 unspecified atom stereocenters. The Kier molecular flexibility index (Phi) is 14.2. The second-order valence-electron chi connectivity index (χ2n) is 8.07. The fraction of sp³-hybridized carbons (Fsp3) is 0.520. The zero-order chi connectivity index (χ0) is 22.5. The number of ether oxygens (including phenoxy) is 1. The molecule has 0 bridgehead atoms. The zero-order valence-electron chi connectivity index (χ0n) is 19.5. The number of hydrogen-bond donors (Lipinski definition) is 1. The summed E-state index contributed by atoms with van der Waals surface area (Å²) in [4.78, 5) is -0.113. The summed E-state index contributed by atoms with van der Waals surface area (Å²) in [6.07, 6.45) is 13.8. The Balaban J connectivity index is 0.00000512. The van der Waals surface area contributed by atoms with Gasteiger partial charge in [0.05, 0.1) is 0 Å². The van der Waals surface area contributed by atoms with Crippen molar-refractivity contribution < 1.29 is 52.4 Å². The van der Waals surface area contributed by atoms with Crippen molar-refractivity contribution in [2.24, 2.45) is 0 Å². The first kappa shape index (κ1) is 29.0. The zero-order valence-corrected chi connectivity index (χ0v) is 22.3. The molecule has 0 saturated carbocycles. The SMILES string of the molecule is CCCCCCCCCCCCCc1c(Oc2ccc([O-])cc2)cccc1S(=O)(=O)O.[Na+]. The maximum absolute atomic E-state index is 11.9. The first-order chi connectivity index (χ1) is 14.9. The van der Waals surface area contributed by atoms with E-state index in [1.807, 2.05) is 0 Å². The van der Waals surface area contributed by atoms with Gasteiger partial charge in [0.1, 0.15) is 16.4 Å². The fourth-order valence-corrected chi connectivity index (χ4v) is 4.49. The molecule has 2 aromatic carbocycles. The monoisotopic (exact) mass is 470 g/mol. The van der Waals surface area contributed by atoms with E-state index >= 15 is 0 Å². The molecule has 0 fully saturated rings. The second-order valence-corrected chi connectivity index (χ2v) is 9.46. The summed E-state index contributed by atoms with van der Waals surface area (Å²) in [5.41, 5.74) is 0.479. The Morgan fingerprint density at radius 2 is 1.34 bits per heavy atom. The van der Waals surface area contributed by atoms with Crippen LogP contribution in [0.3, 0.4) is 0 Å². The maximum atomic E-state index is 11.9. The van der Waals surface area contributed by atoms with Crippen LogP contribution in [0.1, 0.15) is 83.1 Å². The summed E-state index contributed by atoms with van der Waals surface area (Å²) in [6.45, 7) is 2.23. The number of rotatable bonds is 15. The minimum atomic E-state index is -4.35. The maximum Gasteiger partial charge on any atom is 1.00 e. The van der Waals surface area contributed by atoms with Gasteiger partial charge in [0.15, 0.2) is 0 Å². The van der Waals surface area contributed by atoms with Gasteiger partial charge < -0.3 is 9.84 Å². The summed E-state index contributed by atoms with van der Waals surface area (Å²) >= 11 is 0. The van der Waals surface area contributed by atoms with Gasteiger partial charge in [-0.15, -0.1) is 5.75 Å².